The van der Waals surface area contributed by atoms with Crippen LogP contribution < -0.4 is 0 Å². The third kappa shape index (κ3) is 2.74. The van der Waals surface area contributed by atoms with Crippen LogP contribution in [-0.2, 0) is 9.53 Å². The summed E-state index contributed by atoms with van der Waals surface area (Å²) in [6.07, 6.45) is -2.61. The number of aryl methyl sites for hydroxylation is 1. The van der Waals surface area contributed by atoms with E-state index in [2.05, 4.69) is 14.9 Å². The van der Waals surface area contributed by atoms with Crippen LogP contribution in [0.15, 0.2) is 18.2 Å². The highest BCUT2D eigenvalue weighted by Crippen LogP contribution is 2.24. The minimum absolute atomic E-state index is 0.255. The molecule has 0 amide bonds. The number of nitrogens with zero attached hydrogens (tertiary/aromatic N) is 1. The van der Waals surface area contributed by atoms with Gasteiger partial charge in [0, 0.05) is 11.1 Å². The van der Waals surface area contributed by atoms with E-state index in [-0.39, 0.29) is 6.42 Å². The molecule has 0 saturated heterocycles. The summed E-state index contributed by atoms with van der Waals surface area (Å²) in [5.41, 5.74) is 2.15. The number of rotatable bonds is 4. The lowest BCUT2D eigenvalue weighted by Crippen LogP contribution is -2.22. The number of benzene rings is 1. The predicted octanol–water partition coefficient (Wildman–Crippen LogP) is 0.829. The number of H-pyrrole nitrogens is 1. The molecule has 2 aromatic rings. The summed E-state index contributed by atoms with van der Waals surface area (Å²) in [5.74, 6) is -0.566. The van der Waals surface area contributed by atoms with Gasteiger partial charge in [0.2, 0.25) is 0 Å². The first-order chi connectivity index (χ1) is 9.02. The number of fused-ring (bicyclic) bond motifs is 1. The van der Waals surface area contributed by atoms with Crippen molar-refractivity contribution in [1.82, 2.24) is 10.2 Å². The number of aromatic amines is 1. The van der Waals surface area contributed by atoms with Gasteiger partial charge in [0.05, 0.1) is 25.2 Å². The molecule has 0 fully saturated rings. The van der Waals surface area contributed by atoms with Gasteiger partial charge in [-0.05, 0) is 18.6 Å². The maximum atomic E-state index is 11.1. The molecule has 3 N–H and O–H groups in total. The summed E-state index contributed by atoms with van der Waals surface area (Å²) < 4.78 is 4.45. The smallest absolute Gasteiger partial charge is 0.308 e. The van der Waals surface area contributed by atoms with Gasteiger partial charge < -0.3 is 14.9 Å². The summed E-state index contributed by atoms with van der Waals surface area (Å²) in [6.45, 7) is 1.90. The van der Waals surface area contributed by atoms with Crippen LogP contribution in [0.2, 0.25) is 0 Å². The number of carbonyl (C=O) groups excluding carboxylic acids is 1. The molecule has 1 heterocycles. The van der Waals surface area contributed by atoms with Crippen LogP contribution in [0, 0.1) is 6.92 Å². The van der Waals surface area contributed by atoms with Gasteiger partial charge in [-0.15, -0.1) is 0 Å². The standard InChI is InChI=1S/C13H16N2O4/c1-7-9-4-3-8(5-10(9)15-14-7)13(18)11(16)6-12(17)19-2/h3-5,11,13,16,18H,6H2,1-2H3,(H,14,15). The molecule has 19 heavy (non-hydrogen) atoms. The van der Waals surface area contributed by atoms with Crippen molar-refractivity contribution in [3.05, 3.63) is 29.5 Å². The molecule has 2 rings (SSSR count). The first kappa shape index (κ1) is 13.5. The van der Waals surface area contributed by atoms with Crippen LogP contribution in [0.5, 0.6) is 0 Å². The summed E-state index contributed by atoms with van der Waals surface area (Å²) in [5, 5.41) is 27.7. The van der Waals surface area contributed by atoms with Crippen LogP contribution in [0.25, 0.3) is 10.9 Å². The molecule has 2 atom stereocenters. The zero-order valence-electron chi connectivity index (χ0n) is 10.8. The number of aliphatic hydroxyl groups excluding tert-OH is 2. The Kier molecular flexibility index (Phi) is 3.82. The Morgan fingerprint density at radius 1 is 1.47 bits per heavy atom. The number of nitrogens with one attached hydrogen (secondary N) is 1. The molecule has 0 bridgehead atoms. The van der Waals surface area contributed by atoms with Crippen molar-refractivity contribution < 1.29 is 19.7 Å². The Bertz CT molecular complexity index is 593. The van der Waals surface area contributed by atoms with E-state index in [1.807, 2.05) is 13.0 Å². The van der Waals surface area contributed by atoms with Gasteiger partial charge in [0.25, 0.3) is 0 Å². The van der Waals surface area contributed by atoms with Crippen molar-refractivity contribution in [2.45, 2.75) is 25.6 Å². The van der Waals surface area contributed by atoms with Gasteiger partial charge in [-0.2, -0.15) is 5.10 Å². The predicted molar refractivity (Wildman–Crippen MR) is 68.4 cm³/mol. The topological polar surface area (TPSA) is 95.4 Å². The number of methoxy groups -OCH3 is 1. The Morgan fingerprint density at radius 3 is 2.89 bits per heavy atom. The molecule has 0 saturated carbocycles. The van der Waals surface area contributed by atoms with Crippen molar-refractivity contribution in [1.29, 1.82) is 0 Å². The lowest BCUT2D eigenvalue weighted by molar-refractivity contribution is -0.144. The molecule has 1 aromatic heterocycles. The fourth-order valence-corrected chi connectivity index (χ4v) is 1.93. The highest BCUT2D eigenvalue weighted by molar-refractivity contribution is 5.81. The molecular formula is C13H16N2O4. The van der Waals surface area contributed by atoms with Gasteiger partial charge in [-0.25, -0.2) is 0 Å². The Hall–Kier alpha value is -1.92. The lowest BCUT2D eigenvalue weighted by atomic mass is 10.0. The fraction of sp³-hybridized carbons (Fsp3) is 0.385. The number of carbonyl (C=O) groups is 1. The summed E-state index contributed by atoms with van der Waals surface area (Å²) in [6, 6.07) is 5.21. The van der Waals surface area contributed by atoms with Gasteiger partial charge in [-0.1, -0.05) is 12.1 Å². The highest BCUT2D eigenvalue weighted by atomic mass is 16.5. The molecular weight excluding hydrogens is 248 g/mol. The van der Waals surface area contributed by atoms with E-state index in [0.29, 0.717) is 11.1 Å². The number of esters is 1. The molecule has 0 spiro atoms. The minimum Gasteiger partial charge on any atom is -0.469 e. The van der Waals surface area contributed by atoms with Gasteiger partial charge >= 0.3 is 5.97 Å². The maximum Gasteiger partial charge on any atom is 0.308 e. The maximum absolute atomic E-state index is 11.1. The van der Waals surface area contributed by atoms with Crippen molar-refractivity contribution in [3.8, 4) is 0 Å². The highest BCUT2D eigenvalue weighted by Gasteiger charge is 2.22. The third-order valence-corrected chi connectivity index (χ3v) is 3.08. The first-order valence-electron chi connectivity index (χ1n) is 5.90. The van der Waals surface area contributed by atoms with E-state index in [1.165, 1.54) is 7.11 Å². The number of ether oxygens (including phenoxy) is 1. The van der Waals surface area contributed by atoms with Crippen molar-refractivity contribution in [2.75, 3.05) is 7.11 Å². The molecule has 0 aliphatic carbocycles. The number of aliphatic hydroxyl groups is 2. The van der Waals surface area contributed by atoms with E-state index in [9.17, 15) is 15.0 Å². The molecule has 102 valence electrons. The fourth-order valence-electron chi connectivity index (χ4n) is 1.93. The molecule has 1 aromatic carbocycles. The van der Waals surface area contributed by atoms with Gasteiger partial charge in [0.15, 0.2) is 0 Å². The second kappa shape index (κ2) is 5.38. The van der Waals surface area contributed by atoms with E-state index >= 15 is 0 Å². The van der Waals surface area contributed by atoms with Crippen LogP contribution >= 0.6 is 0 Å². The van der Waals surface area contributed by atoms with E-state index in [4.69, 9.17) is 0 Å². The van der Waals surface area contributed by atoms with E-state index < -0.39 is 18.2 Å². The lowest BCUT2D eigenvalue weighted by Gasteiger charge is -2.17. The molecule has 0 aliphatic heterocycles. The molecule has 0 radical (unpaired) electrons. The summed E-state index contributed by atoms with van der Waals surface area (Å²) >= 11 is 0. The van der Waals surface area contributed by atoms with Crippen LogP contribution in [0.4, 0.5) is 0 Å². The van der Waals surface area contributed by atoms with Crippen LogP contribution in [0.1, 0.15) is 23.8 Å². The zero-order valence-corrected chi connectivity index (χ0v) is 10.8. The molecule has 6 heteroatoms. The number of hydrogen-bond donors (Lipinski definition) is 3. The number of hydrogen-bond acceptors (Lipinski definition) is 5. The third-order valence-electron chi connectivity index (χ3n) is 3.08. The average molecular weight is 264 g/mol. The second-order valence-electron chi connectivity index (χ2n) is 4.42. The SMILES string of the molecule is COC(=O)CC(O)C(O)c1ccc2c(C)[nH]nc2c1. The first-order valence-corrected chi connectivity index (χ1v) is 5.90. The normalized spacial score (nSPS) is 14.3. The summed E-state index contributed by atoms with van der Waals surface area (Å²) in [4.78, 5) is 11.1. The average Bonchev–Trinajstić information content (AvgIpc) is 2.78. The molecule has 2 unspecified atom stereocenters. The second-order valence-corrected chi connectivity index (χ2v) is 4.42. The van der Waals surface area contributed by atoms with Crippen molar-refractivity contribution in [2.24, 2.45) is 0 Å². The molecule has 6 nitrogen and oxygen atoms in total. The summed E-state index contributed by atoms with van der Waals surface area (Å²) in [7, 11) is 1.24. The molecule has 0 aliphatic rings. The zero-order chi connectivity index (χ0) is 14.0. The Morgan fingerprint density at radius 2 is 2.21 bits per heavy atom. The van der Waals surface area contributed by atoms with E-state index in [0.717, 1.165) is 11.1 Å². The largest absolute Gasteiger partial charge is 0.469 e. The monoisotopic (exact) mass is 264 g/mol. The quantitative estimate of drug-likeness (QED) is 0.711. The van der Waals surface area contributed by atoms with Gasteiger partial charge in [0.1, 0.15) is 6.10 Å². The van der Waals surface area contributed by atoms with E-state index in [1.54, 1.807) is 12.1 Å². The van der Waals surface area contributed by atoms with Crippen molar-refractivity contribution in [3.63, 3.8) is 0 Å². The Labute approximate surface area is 110 Å². The van der Waals surface area contributed by atoms with Crippen LogP contribution in [0.3, 0.4) is 0 Å². The van der Waals surface area contributed by atoms with Crippen LogP contribution in [-0.4, -0.2) is 39.6 Å². The van der Waals surface area contributed by atoms with Gasteiger partial charge in [-0.3, -0.25) is 9.89 Å². The minimum atomic E-state index is -1.20. The number of aromatic nitrogens is 2. The Balaban J connectivity index is 2.20. The van der Waals surface area contributed by atoms with Crippen molar-refractivity contribution >= 4 is 16.9 Å².